The van der Waals surface area contributed by atoms with Crippen molar-refractivity contribution in [3.8, 4) is 0 Å². The van der Waals surface area contributed by atoms with E-state index < -0.39 is 0 Å². The molecule has 0 spiro atoms. The van der Waals surface area contributed by atoms with Crippen molar-refractivity contribution in [1.82, 2.24) is 4.90 Å². The largest absolute Gasteiger partial charge is 0.392 e. The Labute approximate surface area is 78.0 Å². The summed E-state index contributed by atoms with van der Waals surface area (Å²) in [6.45, 7) is 4.09. The highest BCUT2D eigenvalue weighted by molar-refractivity contribution is 4.83. The maximum atomic E-state index is 9.43. The van der Waals surface area contributed by atoms with Crippen LogP contribution in [-0.2, 0) is 0 Å². The minimum absolute atomic E-state index is 0.258. The van der Waals surface area contributed by atoms with Crippen molar-refractivity contribution in [2.24, 2.45) is 5.11 Å². The molecule has 1 heterocycles. The van der Waals surface area contributed by atoms with E-state index in [1.54, 1.807) is 0 Å². The molecule has 13 heavy (non-hydrogen) atoms. The normalized spacial score (nSPS) is 25.5. The Morgan fingerprint density at radius 3 is 3.15 bits per heavy atom. The number of hydrogen-bond donors (Lipinski definition) is 1. The van der Waals surface area contributed by atoms with Gasteiger partial charge in [0.05, 0.1) is 6.10 Å². The van der Waals surface area contributed by atoms with E-state index in [1.807, 2.05) is 6.92 Å². The van der Waals surface area contributed by atoms with Crippen LogP contribution in [0.1, 0.15) is 19.8 Å². The highest BCUT2D eigenvalue weighted by Crippen LogP contribution is 2.19. The van der Waals surface area contributed by atoms with E-state index in [0.717, 1.165) is 25.9 Å². The van der Waals surface area contributed by atoms with Gasteiger partial charge in [-0.15, -0.1) is 0 Å². The van der Waals surface area contributed by atoms with E-state index in [-0.39, 0.29) is 12.1 Å². The number of aliphatic hydroxyl groups is 1. The molecule has 2 atom stereocenters. The molecule has 0 aromatic rings. The lowest BCUT2D eigenvalue weighted by molar-refractivity contribution is 0.0885. The second-order valence-electron chi connectivity index (χ2n) is 3.44. The van der Waals surface area contributed by atoms with Crippen LogP contribution < -0.4 is 0 Å². The Morgan fingerprint density at radius 2 is 2.54 bits per heavy atom. The average Bonchev–Trinajstić information content (AvgIpc) is 2.53. The summed E-state index contributed by atoms with van der Waals surface area (Å²) in [5.41, 5.74) is 8.11. The molecule has 1 fully saturated rings. The number of nitrogens with zero attached hydrogens (tertiary/aromatic N) is 4. The van der Waals surface area contributed by atoms with Crippen molar-refractivity contribution >= 4 is 0 Å². The Hall–Kier alpha value is -0.770. The molecule has 1 N–H and O–H groups in total. The number of hydrogen-bond acceptors (Lipinski definition) is 3. The van der Waals surface area contributed by atoms with Crippen LogP contribution in [0.25, 0.3) is 10.4 Å². The molecular weight excluding hydrogens is 168 g/mol. The van der Waals surface area contributed by atoms with Crippen molar-refractivity contribution in [1.29, 1.82) is 0 Å². The van der Waals surface area contributed by atoms with E-state index in [1.165, 1.54) is 0 Å². The van der Waals surface area contributed by atoms with Gasteiger partial charge in [-0.2, -0.15) is 0 Å². The van der Waals surface area contributed by atoms with Gasteiger partial charge in [0.2, 0.25) is 0 Å². The summed E-state index contributed by atoms with van der Waals surface area (Å²) < 4.78 is 0. The van der Waals surface area contributed by atoms with Gasteiger partial charge in [0, 0.05) is 24.0 Å². The number of likely N-dealkylation sites (tertiary alicyclic amines) is 1. The molecule has 0 aromatic carbocycles. The maximum absolute atomic E-state index is 9.43. The van der Waals surface area contributed by atoms with Gasteiger partial charge in [0.1, 0.15) is 0 Å². The van der Waals surface area contributed by atoms with Gasteiger partial charge < -0.3 is 5.11 Å². The molecule has 5 nitrogen and oxygen atoms in total. The predicted octanol–water partition coefficient (Wildman–Crippen LogP) is 1.14. The predicted molar refractivity (Wildman–Crippen MR) is 50.3 cm³/mol. The molecule has 1 rings (SSSR count). The summed E-state index contributed by atoms with van der Waals surface area (Å²) in [6, 6.07) is 0.258. The van der Waals surface area contributed by atoms with Crippen molar-refractivity contribution < 1.29 is 5.11 Å². The third kappa shape index (κ3) is 2.88. The first-order chi connectivity index (χ1) is 6.25. The fraction of sp³-hybridized carbons (Fsp3) is 1.00. The van der Waals surface area contributed by atoms with E-state index >= 15 is 0 Å². The van der Waals surface area contributed by atoms with E-state index in [2.05, 4.69) is 14.9 Å². The second-order valence-corrected chi connectivity index (χ2v) is 3.44. The van der Waals surface area contributed by atoms with Crippen LogP contribution in [0.2, 0.25) is 0 Å². The van der Waals surface area contributed by atoms with Crippen molar-refractivity contribution in [3.05, 3.63) is 10.4 Å². The monoisotopic (exact) mass is 184 g/mol. The maximum Gasteiger partial charge on any atom is 0.0667 e. The number of rotatable bonds is 4. The van der Waals surface area contributed by atoms with E-state index in [9.17, 15) is 5.11 Å². The van der Waals surface area contributed by atoms with Crippen LogP contribution in [0.3, 0.4) is 0 Å². The Balaban J connectivity index is 2.35. The van der Waals surface area contributed by atoms with Gasteiger partial charge in [-0.1, -0.05) is 5.11 Å². The van der Waals surface area contributed by atoms with Gasteiger partial charge in [0.15, 0.2) is 0 Å². The van der Waals surface area contributed by atoms with Crippen molar-refractivity contribution in [2.75, 3.05) is 19.6 Å². The lowest BCUT2D eigenvalue weighted by Gasteiger charge is -2.25. The summed E-state index contributed by atoms with van der Waals surface area (Å²) in [5.74, 6) is 0. The summed E-state index contributed by atoms with van der Waals surface area (Å²) in [7, 11) is 0. The highest BCUT2D eigenvalue weighted by Gasteiger charge is 2.27. The Bertz CT molecular complexity index is 200. The number of azide groups is 1. The molecule has 1 saturated heterocycles. The van der Waals surface area contributed by atoms with Gasteiger partial charge in [0.25, 0.3) is 0 Å². The average molecular weight is 184 g/mol. The first-order valence-electron chi connectivity index (χ1n) is 4.68. The lowest BCUT2D eigenvalue weighted by atomic mass is 10.1. The van der Waals surface area contributed by atoms with Crippen LogP contribution >= 0.6 is 0 Å². The Kier molecular flexibility index (Phi) is 4.02. The SMILES string of the molecule is C[C@@H](O)[C@@H]1CCCN1CCN=[N+]=[N-]. The summed E-state index contributed by atoms with van der Waals surface area (Å²) in [6.07, 6.45) is 1.90. The minimum Gasteiger partial charge on any atom is -0.392 e. The molecule has 0 aliphatic carbocycles. The third-order valence-corrected chi connectivity index (χ3v) is 2.52. The van der Waals surface area contributed by atoms with Crippen molar-refractivity contribution in [3.63, 3.8) is 0 Å². The smallest absolute Gasteiger partial charge is 0.0667 e. The van der Waals surface area contributed by atoms with Crippen LogP contribution in [0, 0.1) is 0 Å². The molecule has 0 aromatic heterocycles. The standard InChI is InChI=1S/C8H16N4O/c1-7(13)8-3-2-5-12(8)6-4-10-11-9/h7-8,13H,2-6H2,1H3/t7-,8+/m1/s1. The van der Waals surface area contributed by atoms with Crippen LogP contribution in [0.4, 0.5) is 0 Å². The summed E-state index contributed by atoms with van der Waals surface area (Å²) in [5, 5.41) is 12.9. The fourth-order valence-corrected chi connectivity index (χ4v) is 1.89. The molecule has 0 amide bonds. The van der Waals surface area contributed by atoms with Crippen LogP contribution in [-0.4, -0.2) is 41.8 Å². The van der Waals surface area contributed by atoms with Crippen molar-refractivity contribution in [2.45, 2.75) is 31.9 Å². The zero-order chi connectivity index (χ0) is 9.68. The van der Waals surface area contributed by atoms with Gasteiger partial charge >= 0.3 is 0 Å². The lowest BCUT2D eigenvalue weighted by Crippen LogP contribution is -2.38. The van der Waals surface area contributed by atoms with Crippen LogP contribution in [0.15, 0.2) is 5.11 Å². The topological polar surface area (TPSA) is 72.2 Å². The molecular formula is C8H16N4O. The number of aliphatic hydroxyl groups excluding tert-OH is 1. The zero-order valence-electron chi connectivity index (χ0n) is 7.93. The quantitative estimate of drug-likeness (QED) is 0.404. The zero-order valence-corrected chi connectivity index (χ0v) is 7.93. The van der Waals surface area contributed by atoms with E-state index in [4.69, 9.17) is 5.53 Å². The van der Waals surface area contributed by atoms with Gasteiger partial charge in [-0.25, -0.2) is 0 Å². The molecule has 0 radical (unpaired) electrons. The molecule has 74 valence electrons. The molecule has 1 aliphatic rings. The molecule has 0 saturated carbocycles. The summed E-state index contributed by atoms with van der Waals surface area (Å²) in [4.78, 5) is 4.90. The minimum atomic E-state index is -0.284. The third-order valence-electron chi connectivity index (χ3n) is 2.52. The highest BCUT2D eigenvalue weighted by atomic mass is 16.3. The second kappa shape index (κ2) is 5.07. The van der Waals surface area contributed by atoms with E-state index in [0.29, 0.717) is 6.54 Å². The Morgan fingerprint density at radius 1 is 1.77 bits per heavy atom. The molecule has 5 heteroatoms. The first-order valence-corrected chi connectivity index (χ1v) is 4.68. The fourth-order valence-electron chi connectivity index (χ4n) is 1.89. The summed E-state index contributed by atoms with van der Waals surface area (Å²) >= 11 is 0. The van der Waals surface area contributed by atoms with Crippen LogP contribution in [0.5, 0.6) is 0 Å². The molecule has 1 aliphatic heterocycles. The van der Waals surface area contributed by atoms with Gasteiger partial charge in [-0.3, -0.25) is 4.90 Å². The van der Waals surface area contributed by atoms with Gasteiger partial charge in [-0.05, 0) is 31.8 Å². The molecule has 0 bridgehead atoms. The molecule has 0 unspecified atom stereocenters. The first kappa shape index (κ1) is 10.3.